The molecule has 0 unspecified atom stereocenters. The van der Waals surface area contributed by atoms with Crippen LogP contribution in [0.25, 0.3) is 0 Å². The van der Waals surface area contributed by atoms with Crippen LogP contribution in [0.3, 0.4) is 0 Å². The minimum Gasteiger partial charge on any atom is -0.478 e. The molecule has 1 aromatic rings. The Hall–Kier alpha value is -2.08. The van der Waals surface area contributed by atoms with Gasteiger partial charge in [0.2, 0.25) is 0 Å². The Morgan fingerprint density at radius 2 is 2.14 bits per heavy atom. The van der Waals surface area contributed by atoms with Crippen molar-refractivity contribution in [1.82, 2.24) is 5.32 Å². The topological polar surface area (TPSA) is 78.9 Å². The Morgan fingerprint density at radius 3 is 2.76 bits per heavy atom. The number of carbonyl (C=O) groups is 2. The van der Waals surface area contributed by atoms with Gasteiger partial charge in [0.05, 0.1) is 17.7 Å². The van der Waals surface area contributed by atoms with Crippen LogP contribution in [0.1, 0.15) is 29.8 Å². The summed E-state index contributed by atoms with van der Waals surface area (Å²) in [6, 6.07) is 4.65. The molecule has 2 amide bonds. The van der Waals surface area contributed by atoms with E-state index in [4.69, 9.17) is 9.84 Å². The highest BCUT2D eigenvalue weighted by Gasteiger charge is 2.29. The zero-order valence-corrected chi connectivity index (χ0v) is 12.5. The van der Waals surface area contributed by atoms with Crippen molar-refractivity contribution < 1.29 is 19.4 Å². The van der Waals surface area contributed by atoms with Gasteiger partial charge in [-0.3, -0.25) is 4.90 Å². The summed E-state index contributed by atoms with van der Waals surface area (Å²) >= 11 is 0. The molecule has 0 spiro atoms. The Kier molecular flexibility index (Phi) is 4.18. The number of carboxylic acids is 1. The molecule has 6 heteroatoms. The molecule has 0 fully saturated rings. The van der Waals surface area contributed by atoms with E-state index in [1.165, 1.54) is 0 Å². The highest BCUT2D eigenvalue weighted by Crippen LogP contribution is 2.29. The van der Waals surface area contributed by atoms with E-state index in [0.717, 1.165) is 12.0 Å². The van der Waals surface area contributed by atoms with Gasteiger partial charge in [-0.2, -0.15) is 0 Å². The second-order valence-corrected chi connectivity index (χ2v) is 5.80. The largest absolute Gasteiger partial charge is 0.478 e. The second-order valence-electron chi connectivity index (χ2n) is 5.80. The summed E-state index contributed by atoms with van der Waals surface area (Å²) < 4.78 is 5.08. The van der Waals surface area contributed by atoms with E-state index in [9.17, 15) is 9.59 Å². The van der Waals surface area contributed by atoms with Crippen LogP contribution in [0, 0.1) is 0 Å². The third kappa shape index (κ3) is 3.33. The molecule has 0 saturated carbocycles. The van der Waals surface area contributed by atoms with E-state index in [-0.39, 0.29) is 11.6 Å². The van der Waals surface area contributed by atoms with Gasteiger partial charge in [0.1, 0.15) is 0 Å². The van der Waals surface area contributed by atoms with E-state index in [2.05, 4.69) is 5.32 Å². The maximum atomic E-state index is 12.4. The van der Waals surface area contributed by atoms with Gasteiger partial charge < -0.3 is 15.2 Å². The predicted molar refractivity (Wildman–Crippen MR) is 78.9 cm³/mol. The molecule has 0 atom stereocenters. The number of ether oxygens (including phenoxy) is 1. The second kappa shape index (κ2) is 5.73. The van der Waals surface area contributed by atoms with Gasteiger partial charge in [0.25, 0.3) is 0 Å². The Morgan fingerprint density at radius 1 is 1.43 bits per heavy atom. The predicted octanol–water partition coefficient (Wildman–Crippen LogP) is 1.88. The molecule has 2 rings (SSSR count). The number of hydrogen-bond acceptors (Lipinski definition) is 3. The number of urea groups is 1. The van der Waals surface area contributed by atoms with Gasteiger partial charge in [-0.15, -0.1) is 0 Å². The lowest BCUT2D eigenvalue weighted by molar-refractivity contribution is 0.0697. The molecule has 1 aromatic carbocycles. The summed E-state index contributed by atoms with van der Waals surface area (Å²) in [5.74, 6) is -0.996. The molecule has 0 aliphatic carbocycles. The number of benzene rings is 1. The van der Waals surface area contributed by atoms with Crippen LogP contribution in [-0.4, -0.2) is 42.9 Å². The van der Waals surface area contributed by atoms with Crippen molar-refractivity contribution in [2.75, 3.05) is 25.2 Å². The Labute approximate surface area is 123 Å². The number of carbonyl (C=O) groups excluding carboxylic acids is 1. The van der Waals surface area contributed by atoms with Gasteiger partial charge in [0.15, 0.2) is 0 Å². The number of rotatable bonds is 4. The number of methoxy groups -OCH3 is 1. The SMILES string of the molecule is COCC(C)(C)NC(=O)N1CCc2ccc(C(=O)O)cc21. The fourth-order valence-electron chi connectivity index (χ4n) is 2.48. The van der Waals surface area contributed by atoms with E-state index >= 15 is 0 Å². The molecule has 0 bridgehead atoms. The van der Waals surface area contributed by atoms with Crippen LogP contribution in [0.4, 0.5) is 10.5 Å². The third-order valence-electron chi connectivity index (χ3n) is 3.42. The maximum absolute atomic E-state index is 12.4. The van der Waals surface area contributed by atoms with Gasteiger partial charge in [-0.1, -0.05) is 6.07 Å². The van der Waals surface area contributed by atoms with Gasteiger partial charge in [0, 0.05) is 19.3 Å². The zero-order chi connectivity index (χ0) is 15.6. The van der Waals surface area contributed by atoms with Crippen molar-refractivity contribution in [3.8, 4) is 0 Å². The van der Waals surface area contributed by atoms with Crippen LogP contribution in [0.5, 0.6) is 0 Å². The van der Waals surface area contributed by atoms with Crippen LogP contribution in [-0.2, 0) is 11.2 Å². The number of nitrogens with zero attached hydrogens (tertiary/aromatic N) is 1. The lowest BCUT2D eigenvalue weighted by Crippen LogP contribution is -2.52. The Balaban J connectivity index is 2.20. The molecule has 0 saturated heterocycles. The quantitative estimate of drug-likeness (QED) is 0.888. The molecule has 1 aliphatic rings. The first-order chi connectivity index (χ1) is 9.84. The van der Waals surface area contributed by atoms with E-state index in [1.54, 1.807) is 30.2 Å². The van der Waals surface area contributed by atoms with Gasteiger partial charge in [-0.05, 0) is 38.0 Å². The van der Waals surface area contributed by atoms with Gasteiger partial charge in [-0.25, -0.2) is 9.59 Å². The van der Waals surface area contributed by atoms with Gasteiger partial charge >= 0.3 is 12.0 Å². The molecule has 2 N–H and O–H groups in total. The van der Waals surface area contributed by atoms with Crippen molar-refractivity contribution in [2.24, 2.45) is 0 Å². The van der Waals surface area contributed by atoms with Crippen LogP contribution in [0.2, 0.25) is 0 Å². The number of aromatic carboxylic acids is 1. The van der Waals surface area contributed by atoms with Crippen molar-refractivity contribution in [1.29, 1.82) is 0 Å². The Bertz CT molecular complexity index is 569. The lowest BCUT2D eigenvalue weighted by Gasteiger charge is -2.28. The van der Waals surface area contributed by atoms with Crippen molar-refractivity contribution in [3.05, 3.63) is 29.3 Å². The fraction of sp³-hybridized carbons (Fsp3) is 0.467. The average Bonchev–Trinajstić information content (AvgIpc) is 2.80. The first kappa shape index (κ1) is 15.3. The number of amides is 2. The number of anilines is 1. The molecule has 0 radical (unpaired) electrons. The number of hydrogen-bond donors (Lipinski definition) is 2. The molecule has 21 heavy (non-hydrogen) atoms. The number of carboxylic acid groups (broad SMARTS) is 1. The van der Waals surface area contributed by atoms with E-state index in [1.807, 2.05) is 13.8 Å². The first-order valence-electron chi connectivity index (χ1n) is 6.79. The summed E-state index contributed by atoms with van der Waals surface area (Å²) in [6.45, 7) is 4.69. The molecule has 0 aromatic heterocycles. The molecular formula is C15H20N2O4. The minimum atomic E-state index is -0.996. The monoisotopic (exact) mass is 292 g/mol. The summed E-state index contributed by atoms with van der Waals surface area (Å²) in [5.41, 5.74) is 1.35. The van der Waals surface area contributed by atoms with Crippen molar-refractivity contribution in [2.45, 2.75) is 25.8 Å². The van der Waals surface area contributed by atoms with Crippen molar-refractivity contribution in [3.63, 3.8) is 0 Å². The first-order valence-corrected chi connectivity index (χ1v) is 6.79. The molecule has 1 heterocycles. The van der Waals surface area contributed by atoms with Crippen LogP contribution >= 0.6 is 0 Å². The standard InChI is InChI=1S/C15H20N2O4/c1-15(2,9-21-3)16-14(20)17-7-6-10-4-5-11(13(18)19)8-12(10)17/h4-5,8H,6-7,9H2,1-3H3,(H,16,20)(H,18,19). The molecular weight excluding hydrogens is 272 g/mol. The highest BCUT2D eigenvalue weighted by atomic mass is 16.5. The van der Waals surface area contributed by atoms with E-state index in [0.29, 0.717) is 18.8 Å². The molecule has 114 valence electrons. The lowest BCUT2D eigenvalue weighted by atomic mass is 10.1. The summed E-state index contributed by atoms with van der Waals surface area (Å²) in [4.78, 5) is 25.0. The van der Waals surface area contributed by atoms with E-state index < -0.39 is 11.5 Å². The average molecular weight is 292 g/mol. The molecule has 6 nitrogen and oxygen atoms in total. The normalized spacial score (nSPS) is 14.0. The van der Waals surface area contributed by atoms with Crippen LogP contribution < -0.4 is 10.2 Å². The summed E-state index contributed by atoms with van der Waals surface area (Å²) in [7, 11) is 1.58. The fourth-order valence-corrected chi connectivity index (χ4v) is 2.48. The number of nitrogens with one attached hydrogen (secondary N) is 1. The maximum Gasteiger partial charge on any atom is 0.335 e. The van der Waals surface area contributed by atoms with Crippen LogP contribution in [0.15, 0.2) is 18.2 Å². The smallest absolute Gasteiger partial charge is 0.335 e. The minimum absolute atomic E-state index is 0.185. The third-order valence-corrected chi connectivity index (χ3v) is 3.42. The zero-order valence-electron chi connectivity index (χ0n) is 12.5. The van der Waals surface area contributed by atoms with Crippen molar-refractivity contribution >= 4 is 17.7 Å². The summed E-state index contributed by atoms with van der Waals surface area (Å²) in [6.07, 6.45) is 0.730. The molecule has 1 aliphatic heterocycles. The number of fused-ring (bicyclic) bond motifs is 1. The highest BCUT2D eigenvalue weighted by molar-refractivity contribution is 5.97. The summed E-state index contributed by atoms with van der Waals surface area (Å²) in [5, 5.41) is 12.0.